The average Bonchev–Trinajstić information content (AvgIpc) is 3.55. The zero-order valence-electron chi connectivity index (χ0n) is 18.6. The SMILES string of the molecule is CS(=O)(=O)c1ccc(-n2ncc3c(SC4CCN(C(=O)OCC5CC5)CC4)ncnc32)c(F)c1. The molecule has 0 N–H and O–H groups in total. The van der Waals surface area contributed by atoms with E-state index in [4.69, 9.17) is 4.74 Å². The van der Waals surface area contributed by atoms with E-state index in [1.165, 1.54) is 23.1 Å². The molecule has 1 aliphatic heterocycles. The number of halogens is 1. The Morgan fingerprint density at radius 3 is 2.65 bits per heavy atom. The van der Waals surface area contributed by atoms with Crippen LogP contribution in [0.15, 0.2) is 40.6 Å². The summed E-state index contributed by atoms with van der Waals surface area (Å²) in [6.45, 7) is 1.78. The molecule has 1 saturated carbocycles. The van der Waals surface area contributed by atoms with Crippen LogP contribution in [-0.2, 0) is 14.6 Å². The molecule has 34 heavy (non-hydrogen) atoms. The number of benzene rings is 1. The predicted octanol–water partition coefficient (Wildman–Crippen LogP) is 3.46. The Bertz CT molecular complexity index is 1330. The van der Waals surface area contributed by atoms with Gasteiger partial charge in [-0.1, -0.05) is 0 Å². The van der Waals surface area contributed by atoms with Gasteiger partial charge >= 0.3 is 6.09 Å². The van der Waals surface area contributed by atoms with E-state index in [1.807, 2.05) is 0 Å². The van der Waals surface area contributed by atoms with Crippen LogP contribution in [0.2, 0.25) is 0 Å². The third kappa shape index (κ3) is 4.88. The third-order valence-electron chi connectivity index (χ3n) is 6.02. The minimum absolute atomic E-state index is 0.0983. The molecule has 2 aromatic heterocycles. The summed E-state index contributed by atoms with van der Waals surface area (Å²) in [5, 5.41) is 5.97. The van der Waals surface area contributed by atoms with Crippen molar-refractivity contribution in [1.82, 2.24) is 24.6 Å². The second kappa shape index (κ2) is 9.14. The Hall–Kier alpha value is -2.73. The van der Waals surface area contributed by atoms with Gasteiger partial charge in [-0.2, -0.15) is 5.10 Å². The van der Waals surface area contributed by atoms with Crippen molar-refractivity contribution in [3.05, 3.63) is 36.5 Å². The molecule has 1 saturated heterocycles. The number of ether oxygens (including phenoxy) is 1. The van der Waals surface area contributed by atoms with Gasteiger partial charge in [0.15, 0.2) is 15.5 Å². The molecule has 9 nitrogen and oxygen atoms in total. The van der Waals surface area contributed by atoms with Crippen molar-refractivity contribution < 1.29 is 22.3 Å². The van der Waals surface area contributed by atoms with E-state index in [9.17, 15) is 17.6 Å². The molecular weight excluding hydrogens is 481 g/mol. The molecule has 0 unspecified atom stereocenters. The van der Waals surface area contributed by atoms with Crippen molar-refractivity contribution >= 4 is 38.7 Å². The summed E-state index contributed by atoms with van der Waals surface area (Å²) in [5.74, 6) is -0.161. The van der Waals surface area contributed by atoms with Gasteiger partial charge < -0.3 is 9.64 Å². The van der Waals surface area contributed by atoms with E-state index in [0.717, 1.165) is 43.0 Å². The number of rotatable bonds is 6. The molecule has 3 aromatic rings. The lowest BCUT2D eigenvalue weighted by Crippen LogP contribution is -2.39. The van der Waals surface area contributed by atoms with Crippen LogP contribution in [-0.4, -0.2) is 70.4 Å². The highest BCUT2D eigenvalue weighted by Gasteiger charge is 2.28. The number of hydrogen-bond donors (Lipinski definition) is 0. The molecule has 180 valence electrons. The highest BCUT2D eigenvalue weighted by atomic mass is 32.2. The third-order valence-corrected chi connectivity index (χ3v) is 8.49. The summed E-state index contributed by atoms with van der Waals surface area (Å²) in [5.41, 5.74) is 0.541. The molecule has 3 heterocycles. The van der Waals surface area contributed by atoms with Crippen LogP contribution in [0.1, 0.15) is 25.7 Å². The Labute approximate surface area is 200 Å². The second-order valence-corrected chi connectivity index (χ2v) is 12.0. The molecule has 2 aliphatic rings. The largest absolute Gasteiger partial charge is 0.449 e. The Morgan fingerprint density at radius 2 is 1.97 bits per heavy atom. The maximum atomic E-state index is 14.7. The standard InChI is InChI=1S/C22H24FN5O4S2/c1-34(30,31)16-4-5-19(18(23)10-16)28-20-17(11-26-28)21(25-13-24-20)33-15-6-8-27(9-7-15)22(29)32-12-14-2-3-14/h4-5,10-11,13-15H,2-3,6-9,12H2,1H3. The van der Waals surface area contributed by atoms with E-state index in [1.54, 1.807) is 22.9 Å². The number of thioether (sulfide) groups is 1. The zero-order valence-corrected chi connectivity index (χ0v) is 20.2. The van der Waals surface area contributed by atoms with Gasteiger partial charge in [0.05, 0.1) is 23.1 Å². The van der Waals surface area contributed by atoms with Gasteiger partial charge in [-0.3, -0.25) is 0 Å². The molecule has 1 aromatic carbocycles. The molecule has 0 spiro atoms. The summed E-state index contributed by atoms with van der Waals surface area (Å²) >= 11 is 1.60. The van der Waals surface area contributed by atoms with E-state index < -0.39 is 15.7 Å². The fourth-order valence-corrected chi connectivity index (χ4v) is 5.64. The number of hydrogen-bond acceptors (Lipinski definition) is 8. The number of likely N-dealkylation sites (tertiary alicyclic amines) is 1. The quantitative estimate of drug-likeness (QED) is 0.469. The van der Waals surface area contributed by atoms with Gasteiger partial charge in [-0.15, -0.1) is 11.8 Å². The van der Waals surface area contributed by atoms with Crippen molar-refractivity contribution in [2.45, 2.75) is 40.9 Å². The smallest absolute Gasteiger partial charge is 0.409 e. The van der Waals surface area contributed by atoms with Crippen LogP contribution in [0, 0.1) is 11.7 Å². The molecular formula is C22H24FN5O4S2. The highest BCUT2D eigenvalue weighted by molar-refractivity contribution is 8.00. The molecule has 0 atom stereocenters. The second-order valence-electron chi connectivity index (χ2n) is 8.68. The van der Waals surface area contributed by atoms with Crippen LogP contribution in [0.3, 0.4) is 0 Å². The van der Waals surface area contributed by atoms with Gasteiger partial charge in [-0.25, -0.2) is 32.3 Å². The van der Waals surface area contributed by atoms with E-state index in [0.29, 0.717) is 36.6 Å². The molecule has 0 radical (unpaired) electrons. The number of amides is 1. The first-order valence-electron chi connectivity index (χ1n) is 11.1. The fourth-order valence-electron chi connectivity index (χ4n) is 3.86. The van der Waals surface area contributed by atoms with Crippen LogP contribution >= 0.6 is 11.8 Å². The number of carbonyl (C=O) groups is 1. The molecule has 5 rings (SSSR count). The lowest BCUT2D eigenvalue weighted by molar-refractivity contribution is 0.0920. The Balaban J connectivity index is 1.29. The summed E-state index contributed by atoms with van der Waals surface area (Å²) in [6, 6.07) is 3.71. The van der Waals surface area contributed by atoms with Gasteiger partial charge in [0, 0.05) is 24.6 Å². The first kappa shape index (κ1) is 23.0. The van der Waals surface area contributed by atoms with Crippen LogP contribution < -0.4 is 0 Å². The van der Waals surface area contributed by atoms with Gasteiger partial charge in [0.25, 0.3) is 0 Å². The maximum Gasteiger partial charge on any atom is 0.409 e. The first-order chi connectivity index (χ1) is 16.3. The lowest BCUT2D eigenvalue weighted by atomic mass is 10.1. The normalized spacial score (nSPS) is 17.3. The summed E-state index contributed by atoms with van der Waals surface area (Å²) in [6.07, 6.45) is 7.72. The minimum Gasteiger partial charge on any atom is -0.449 e. The summed E-state index contributed by atoms with van der Waals surface area (Å²) in [7, 11) is -3.52. The van der Waals surface area contributed by atoms with E-state index in [2.05, 4.69) is 15.1 Å². The van der Waals surface area contributed by atoms with Gasteiger partial charge in [0.1, 0.15) is 22.9 Å². The number of piperidine rings is 1. The number of aromatic nitrogens is 4. The fraction of sp³-hybridized carbons (Fsp3) is 0.455. The van der Waals surface area contributed by atoms with Crippen molar-refractivity contribution in [3.63, 3.8) is 0 Å². The van der Waals surface area contributed by atoms with Gasteiger partial charge in [0.2, 0.25) is 0 Å². The van der Waals surface area contributed by atoms with Crippen molar-refractivity contribution in [2.75, 3.05) is 26.0 Å². The van der Waals surface area contributed by atoms with Crippen molar-refractivity contribution in [3.8, 4) is 5.69 Å². The van der Waals surface area contributed by atoms with Crippen molar-refractivity contribution in [2.24, 2.45) is 5.92 Å². The molecule has 0 bridgehead atoms. The van der Waals surface area contributed by atoms with Gasteiger partial charge in [-0.05, 0) is 49.8 Å². The first-order valence-corrected chi connectivity index (χ1v) is 13.8. The summed E-state index contributed by atoms with van der Waals surface area (Å²) in [4.78, 5) is 22.6. The number of fused-ring (bicyclic) bond motifs is 1. The lowest BCUT2D eigenvalue weighted by Gasteiger charge is -2.30. The predicted molar refractivity (Wildman–Crippen MR) is 124 cm³/mol. The monoisotopic (exact) mass is 505 g/mol. The number of sulfone groups is 1. The molecule has 1 amide bonds. The Morgan fingerprint density at radius 1 is 1.21 bits per heavy atom. The number of carbonyl (C=O) groups excluding carboxylic acids is 1. The topological polar surface area (TPSA) is 107 Å². The molecule has 1 aliphatic carbocycles. The Kier molecular flexibility index (Phi) is 6.19. The highest BCUT2D eigenvalue weighted by Crippen LogP contribution is 2.34. The molecule has 12 heteroatoms. The zero-order chi connectivity index (χ0) is 23.9. The minimum atomic E-state index is -3.52. The van der Waals surface area contributed by atoms with Crippen LogP contribution in [0.4, 0.5) is 9.18 Å². The average molecular weight is 506 g/mol. The van der Waals surface area contributed by atoms with E-state index >= 15 is 0 Å². The number of nitrogens with zero attached hydrogens (tertiary/aromatic N) is 5. The van der Waals surface area contributed by atoms with E-state index in [-0.39, 0.29) is 21.9 Å². The maximum absolute atomic E-state index is 14.7. The van der Waals surface area contributed by atoms with Crippen LogP contribution in [0.5, 0.6) is 0 Å². The summed E-state index contributed by atoms with van der Waals surface area (Å²) < 4.78 is 44.9. The molecule has 2 fully saturated rings. The van der Waals surface area contributed by atoms with Crippen molar-refractivity contribution in [1.29, 1.82) is 0 Å². The van der Waals surface area contributed by atoms with Crippen LogP contribution in [0.25, 0.3) is 16.7 Å².